The van der Waals surface area contributed by atoms with Crippen molar-refractivity contribution in [1.82, 2.24) is 4.90 Å². The first-order chi connectivity index (χ1) is 8.65. The highest BCUT2D eigenvalue weighted by molar-refractivity contribution is 5.34. The Morgan fingerprint density at radius 2 is 2.00 bits per heavy atom. The second-order valence-electron chi connectivity index (χ2n) is 5.28. The monoisotopic (exact) mass is 249 g/mol. The molecule has 100 valence electrons. The average molecular weight is 249 g/mol. The third-order valence-electron chi connectivity index (χ3n) is 3.45. The maximum absolute atomic E-state index is 9.51. The Morgan fingerprint density at radius 1 is 1.33 bits per heavy atom. The zero-order valence-corrected chi connectivity index (χ0v) is 11.3. The molecule has 0 radical (unpaired) electrons. The Kier molecular flexibility index (Phi) is 4.61. The summed E-state index contributed by atoms with van der Waals surface area (Å²) < 4.78 is 6.10. The van der Waals surface area contributed by atoms with Crippen molar-refractivity contribution in [2.45, 2.75) is 38.4 Å². The van der Waals surface area contributed by atoms with Gasteiger partial charge in [0.25, 0.3) is 0 Å². The van der Waals surface area contributed by atoms with Gasteiger partial charge in [-0.05, 0) is 38.4 Å². The quantitative estimate of drug-likeness (QED) is 0.887. The van der Waals surface area contributed by atoms with Crippen LogP contribution in [-0.2, 0) is 6.42 Å². The minimum atomic E-state index is -0.327. The van der Waals surface area contributed by atoms with Crippen LogP contribution in [0.5, 0.6) is 5.75 Å². The maximum Gasteiger partial charge on any atom is 0.123 e. The number of rotatable bonds is 4. The minimum absolute atomic E-state index is 0.316. The van der Waals surface area contributed by atoms with E-state index in [1.54, 1.807) is 0 Å². The zero-order valence-electron chi connectivity index (χ0n) is 11.3. The number of hydrogen-bond donors (Lipinski definition) is 1. The van der Waals surface area contributed by atoms with Crippen molar-refractivity contribution >= 4 is 0 Å². The predicted molar refractivity (Wildman–Crippen MR) is 73.0 cm³/mol. The highest BCUT2D eigenvalue weighted by Gasteiger charge is 2.19. The van der Waals surface area contributed by atoms with E-state index in [1.807, 2.05) is 31.2 Å². The fourth-order valence-electron chi connectivity index (χ4n) is 2.39. The first kappa shape index (κ1) is 13.4. The standard InChI is InChI=1S/C15H23NO2/c1-12(17)11-13-5-3-4-6-15(13)18-14-7-9-16(2)10-8-14/h3-6,12,14,17H,7-11H2,1-2H3. The highest BCUT2D eigenvalue weighted by Crippen LogP contribution is 2.23. The van der Waals surface area contributed by atoms with E-state index in [9.17, 15) is 5.11 Å². The molecular weight excluding hydrogens is 226 g/mol. The number of likely N-dealkylation sites (tertiary alicyclic amines) is 1. The van der Waals surface area contributed by atoms with Gasteiger partial charge < -0.3 is 14.7 Å². The molecular formula is C15H23NO2. The van der Waals surface area contributed by atoms with Gasteiger partial charge in [0.1, 0.15) is 11.9 Å². The molecule has 3 heteroatoms. The van der Waals surface area contributed by atoms with Crippen molar-refractivity contribution in [3.8, 4) is 5.75 Å². The molecule has 1 aliphatic heterocycles. The van der Waals surface area contributed by atoms with Crippen LogP contribution in [0.2, 0.25) is 0 Å². The molecule has 18 heavy (non-hydrogen) atoms. The summed E-state index contributed by atoms with van der Waals surface area (Å²) >= 11 is 0. The van der Waals surface area contributed by atoms with Crippen LogP contribution in [0.25, 0.3) is 0 Å². The number of nitrogens with zero attached hydrogens (tertiary/aromatic N) is 1. The number of piperidine rings is 1. The van der Waals surface area contributed by atoms with Crippen molar-refractivity contribution in [2.24, 2.45) is 0 Å². The fraction of sp³-hybridized carbons (Fsp3) is 0.600. The predicted octanol–water partition coefficient (Wildman–Crippen LogP) is 2.08. The molecule has 1 aromatic rings. The Morgan fingerprint density at radius 3 is 2.67 bits per heavy atom. The Hall–Kier alpha value is -1.06. The lowest BCUT2D eigenvalue weighted by Crippen LogP contribution is -2.35. The fourth-order valence-corrected chi connectivity index (χ4v) is 2.39. The van der Waals surface area contributed by atoms with Crippen LogP contribution in [0.1, 0.15) is 25.3 Å². The molecule has 0 spiro atoms. The topological polar surface area (TPSA) is 32.7 Å². The lowest BCUT2D eigenvalue weighted by molar-refractivity contribution is 0.112. The number of hydrogen-bond acceptors (Lipinski definition) is 3. The van der Waals surface area contributed by atoms with Gasteiger partial charge in [0.2, 0.25) is 0 Å². The third-order valence-corrected chi connectivity index (χ3v) is 3.45. The molecule has 0 bridgehead atoms. The first-order valence-electron chi connectivity index (χ1n) is 6.76. The molecule has 0 aromatic heterocycles. The SMILES string of the molecule is CC(O)Cc1ccccc1OC1CCN(C)CC1. The molecule has 1 fully saturated rings. The van der Waals surface area contributed by atoms with Gasteiger partial charge in [-0.1, -0.05) is 18.2 Å². The van der Waals surface area contributed by atoms with Crippen molar-refractivity contribution in [1.29, 1.82) is 0 Å². The van der Waals surface area contributed by atoms with E-state index < -0.39 is 0 Å². The molecule has 1 unspecified atom stereocenters. The van der Waals surface area contributed by atoms with Crippen LogP contribution in [0.3, 0.4) is 0 Å². The zero-order chi connectivity index (χ0) is 13.0. The van der Waals surface area contributed by atoms with E-state index in [1.165, 1.54) is 0 Å². The van der Waals surface area contributed by atoms with Crippen molar-refractivity contribution in [3.05, 3.63) is 29.8 Å². The summed E-state index contributed by atoms with van der Waals surface area (Å²) in [6, 6.07) is 8.04. The second kappa shape index (κ2) is 6.21. The van der Waals surface area contributed by atoms with E-state index in [0.717, 1.165) is 37.2 Å². The molecule has 1 atom stereocenters. The van der Waals surface area contributed by atoms with Gasteiger partial charge in [-0.15, -0.1) is 0 Å². The molecule has 2 rings (SSSR count). The van der Waals surface area contributed by atoms with Crippen LogP contribution in [0.15, 0.2) is 24.3 Å². The number of ether oxygens (including phenoxy) is 1. The van der Waals surface area contributed by atoms with E-state index >= 15 is 0 Å². The summed E-state index contributed by atoms with van der Waals surface area (Å²) in [5, 5.41) is 9.51. The van der Waals surface area contributed by atoms with Gasteiger partial charge in [-0.2, -0.15) is 0 Å². The van der Waals surface area contributed by atoms with Crippen LogP contribution >= 0.6 is 0 Å². The molecule has 1 aliphatic rings. The van der Waals surface area contributed by atoms with Gasteiger partial charge >= 0.3 is 0 Å². The Labute approximate surface area is 109 Å². The van der Waals surface area contributed by atoms with Crippen LogP contribution in [0.4, 0.5) is 0 Å². The molecule has 1 N–H and O–H groups in total. The van der Waals surface area contributed by atoms with Gasteiger partial charge in [-0.25, -0.2) is 0 Å². The first-order valence-corrected chi connectivity index (χ1v) is 6.76. The molecule has 0 saturated carbocycles. The van der Waals surface area contributed by atoms with Crippen molar-refractivity contribution < 1.29 is 9.84 Å². The maximum atomic E-state index is 9.51. The van der Waals surface area contributed by atoms with E-state index in [4.69, 9.17) is 4.74 Å². The van der Waals surface area contributed by atoms with E-state index in [2.05, 4.69) is 11.9 Å². The summed E-state index contributed by atoms with van der Waals surface area (Å²) in [5.41, 5.74) is 1.10. The van der Waals surface area contributed by atoms with Gasteiger partial charge in [-0.3, -0.25) is 0 Å². The number of para-hydroxylation sites is 1. The van der Waals surface area contributed by atoms with Crippen LogP contribution < -0.4 is 4.74 Å². The summed E-state index contributed by atoms with van der Waals surface area (Å²) in [4.78, 5) is 2.33. The molecule has 1 aromatic carbocycles. The van der Waals surface area contributed by atoms with Crippen molar-refractivity contribution in [3.63, 3.8) is 0 Å². The number of aliphatic hydroxyl groups excluding tert-OH is 1. The molecule has 0 amide bonds. The van der Waals surface area contributed by atoms with Gasteiger partial charge in [0.05, 0.1) is 6.10 Å². The normalized spacial score (nSPS) is 19.7. The summed E-state index contributed by atoms with van der Waals surface area (Å²) in [6.45, 7) is 4.01. The van der Waals surface area contributed by atoms with Gasteiger partial charge in [0, 0.05) is 19.5 Å². The summed E-state index contributed by atoms with van der Waals surface area (Å²) in [5.74, 6) is 0.938. The average Bonchev–Trinajstić information content (AvgIpc) is 2.34. The molecule has 0 aliphatic carbocycles. The number of benzene rings is 1. The molecule has 1 heterocycles. The second-order valence-corrected chi connectivity index (χ2v) is 5.28. The lowest BCUT2D eigenvalue weighted by Gasteiger charge is -2.30. The smallest absolute Gasteiger partial charge is 0.123 e. The van der Waals surface area contributed by atoms with Crippen LogP contribution in [0, 0.1) is 0 Å². The van der Waals surface area contributed by atoms with Crippen molar-refractivity contribution in [2.75, 3.05) is 20.1 Å². The minimum Gasteiger partial charge on any atom is -0.490 e. The van der Waals surface area contributed by atoms with E-state index in [0.29, 0.717) is 12.5 Å². The van der Waals surface area contributed by atoms with E-state index in [-0.39, 0.29) is 6.10 Å². The number of aliphatic hydroxyl groups is 1. The lowest BCUT2D eigenvalue weighted by atomic mass is 10.1. The summed E-state index contributed by atoms with van der Waals surface area (Å²) in [6.07, 6.45) is 2.81. The van der Waals surface area contributed by atoms with Gasteiger partial charge in [0.15, 0.2) is 0 Å². The Bertz CT molecular complexity index is 371. The largest absolute Gasteiger partial charge is 0.490 e. The van der Waals surface area contributed by atoms with Crippen LogP contribution in [-0.4, -0.2) is 42.4 Å². The summed E-state index contributed by atoms with van der Waals surface area (Å²) in [7, 11) is 2.15. The Balaban J connectivity index is 2.00. The highest BCUT2D eigenvalue weighted by atomic mass is 16.5. The molecule has 3 nitrogen and oxygen atoms in total. The third kappa shape index (κ3) is 3.72. The molecule has 1 saturated heterocycles.